The Bertz CT molecular complexity index is 456. The lowest BCUT2D eigenvalue weighted by Crippen LogP contribution is -2.47. The fourth-order valence-electron chi connectivity index (χ4n) is 2.48. The first-order valence-corrected chi connectivity index (χ1v) is 6.74. The highest BCUT2D eigenvalue weighted by molar-refractivity contribution is 5.49. The standard InChI is InChI=1S/C13H23N5O2/c1-13(20-3)5-4-6-18(9-13)12-7-10(17-14)15-11(16-12)8-19-2/h7H,4-6,8-9,14H2,1-3H3,(H,15,16,17). The summed E-state index contributed by atoms with van der Waals surface area (Å²) in [6.45, 7) is 4.24. The van der Waals surface area contributed by atoms with Gasteiger partial charge in [-0.1, -0.05) is 0 Å². The summed E-state index contributed by atoms with van der Waals surface area (Å²) >= 11 is 0. The molecule has 3 N–H and O–H groups in total. The van der Waals surface area contributed by atoms with E-state index in [2.05, 4.69) is 27.2 Å². The van der Waals surface area contributed by atoms with Crippen molar-refractivity contribution in [2.45, 2.75) is 32.0 Å². The lowest BCUT2D eigenvalue weighted by atomic mass is 9.95. The summed E-state index contributed by atoms with van der Waals surface area (Å²) in [7, 11) is 3.38. The molecule has 2 rings (SSSR count). The molecule has 0 aliphatic carbocycles. The number of ether oxygens (including phenoxy) is 2. The van der Waals surface area contributed by atoms with Crippen molar-refractivity contribution >= 4 is 11.6 Å². The molecule has 0 spiro atoms. The van der Waals surface area contributed by atoms with Crippen LogP contribution in [0, 0.1) is 0 Å². The third-order valence-electron chi connectivity index (χ3n) is 3.66. The summed E-state index contributed by atoms with van der Waals surface area (Å²) in [4.78, 5) is 11.0. The molecule has 0 radical (unpaired) electrons. The van der Waals surface area contributed by atoms with E-state index in [1.54, 1.807) is 14.2 Å². The molecule has 0 bridgehead atoms. The van der Waals surface area contributed by atoms with E-state index in [1.165, 1.54) is 0 Å². The molecule has 0 saturated carbocycles. The van der Waals surface area contributed by atoms with Crippen LogP contribution in [0.2, 0.25) is 0 Å². The number of nitrogens with one attached hydrogen (secondary N) is 1. The Labute approximate surface area is 119 Å². The van der Waals surface area contributed by atoms with Gasteiger partial charge in [0.2, 0.25) is 0 Å². The van der Waals surface area contributed by atoms with E-state index < -0.39 is 0 Å². The molecule has 0 aromatic carbocycles. The van der Waals surface area contributed by atoms with Crippen LogP contribution in [0.4, 0.5) is 11.6 Å². The number of hydrazine groups is 1. The van der Waals surface area contributed by atoms with Gasteiger partial charge >= 0.3 is 0 Å². The van der Waals surface area contributed by atoms with Gasteiger partial charge < -0.3 is 19.8 Å². The Hall–Kier alpha value is -1.44. The zero-order valence-corrected chi connectivity index (χ0v) is 12.3. The maximum Gasteiger partial charge on any atom is 0.158 e. The molecule has 112 valence electrons. The summed E-state index contributed by atoms with van der Waals surface area (Å²) < 4.78 is 10.7. The summed E-state index contributed by atoms with van der Waals surface area (Å²) in [5.74, 6) is 7.52. The number of nitrogen functional groups attached to an aromatic ring is 1. The van der Waals surface area contributed by atoms with Gasteiger partial charge in [-0.2, -0.15) is 0 Å². The zero-order chi connectivity index (χ0) is 14.6. The highest BCUT2D eigenvalue weighted by atomic mass is 16.5. The van der Waals surface area contributed by atoms with Crippen LogP contribution < -0.4 is 16.2 Å². The van der Waals surface area contributed by atoms with Crippen LogP contribution in [0.15, 0.2) is 6.07 Å². The Balaban J connectivity index is 2.24. The highest BCUT2D eigenvalue weighted by Gasteiger charge is 2.31. The normalized spacial score (nSPS) is 22.9. The second-order valence-electron chi connectivity index (χ2n) is 5.28. The van der Waals surface area contributed by atoms with Crippen LogP contribution in [0.1, 0.15) is 25.6 Å². The van der Waals surface area contributed by atoms with Crippen molar-refractivity contribution in [2.24, 2.45) is 5.84 Å². The molecule has 0 amide bonds. The van der Waals surface area contributed by atoms with Crippen molar-refractivity contribution in [3.8, 4) is 0 Å². The lowest BCUT2D eigenvalue weighted by Gasteiger charge is -2.40. The van der Waals surface area contributed by atoms with Gasteiger partial charge in [-0.3, -0.25) is 0 Å². The predicted octanol–water partition coefficient (Wildman–Crippen LogP) is 0.914. The molecule has 1 aromatic heterocycles. The van der Waals surface area contributed by atoms with E-state index in [4.69, 9.17) is 15.3 Å². The van der Waals surface area contributed by atoms with Crippen LogP contribution in [0.25, 0.3) is 0 Å². The first kappa shape index (κ1) is 15.0. The first-order chi connectivity index (χ1) is 9.60. The molecule has 1 aromatic rings. The Kier molecular flexibility index (Phi) is 4.74. The van der Waals surface area contributed by atoms with Crippen LogP contribution >= 0.6 is 0 Å². The molecule has 1 saturated heterocycles. The number of aromatic nitrogens is 2. The van der Waals surface area contributed by atoms with Gasteiger partial charge in [-0.15, -0.1) is 0 Å². The fourth-order valence-corrected chi connectivity index (χ4v) is 2.48. The van der Waals surface area contributed by atoms with Gasteiger partial charge in [0, 0.05) is 33.4 Å². The molecule has 1 aliphatic heterocycles. The van der Waals surface area contributed by atoms with Crippen molar-refractivity contribution in [3.63, 3.8) is 0 Å². The molecule has 1 fully saturated rings. The van der Waals surface area contributed by atoms with E-state index in [-0.39, 0.29) is 5.60 Å². The van der Waals surface area contributed by atoms with Crippen molar-refractivity contribution in [3.05, 3.63) is 11.9 Å². The lowest BCUT2D eigenvalue weighted by molar-refractivity contribution is -0.00483. The molecule has 2 heterocycles. The third-order valence-corrected chi connectivity index (χ3v) is 3.66. The van der Waals surface area contributed by atoms with Gasteiger partial charge in [-0.25, -0.2) is 15.8 Å². The van der Waals surface area contributed by atoms with E-state index in [0.29, 0.717) is 18.2 Å². The second-order valence-corrected chi connectivity index (χ2v) is 5.28. The number of piperidine rings is 1. The van der Waals surface area contributed by atoms with E-state index in [1.807, 2.05) is 6.07 Å². The van der Waals surface area contributed by atoms with Crippen LogP contribution in [0.5, 0.6) is 0 Å². The van der Waals surface area contributed by atoms with Gasteiger partial charge in [0.05, 0.1) is 5.60 Å². The molecule has 1 unspecified atom stereocenters. The number of anilines is 2. The van der Waals surface area contributed by atoms with Crippen LogP contribution in [0.3, 0.4) is 0 Å². The Morgan fingerprint density at radius 1 is 1.45 bits per heavy atom. The minimum atomic E-state index is -0.138. The van der Waals surface area contributed by atoms with Gasteiger partial charge in [0.1, 0.15) is 18.2 Å². The topological polar surface area (TPSA) is 85.5 Å². The average molecular weight is 281 g/mol. The van der Waals surface area contributed by atoms with Crippen molar-refractivity contribution in [1.82, 2.24) is 9.97 Å². The minimum Gasteiger partial charge on any atom is -0.377 e. The van der Waals surface area contributed by atoms with E-state index in [9.17, 15) is 0 Å². The second kappa shape index (κ2) is 6.34. The maximum atomic E-state index is 5.61. The predicted molar refractivity (Wildman–Crippen MR) is 77.4 cm³/mol. The number of nitrogens with zero attached hydrogens (tertiary/aromatic N) is 3. The summed E-state index contributed by atoms with van der Waals surface area (Å²) in [5, 5.41) is 0. The number of rotatable bonds is 5. The van der Waals surface area contributed by atoms with Gasteiger partial charge in [-0.05, 0) is 19.8 Å². The number of hydrogen-bond acceptors (Lipinski definition) is 7. The Morgan fingerprint density at radius 2 is 2.25 bits per heavy atom. The molecule has 7 heteroatoms. The van der Waals surface area contributed by atoms with Crippen LogP contribution in [-0.4, -0.2) is 42.9 Å². The summed E-state index contributed by atoms with van der Waals surface area (Å²) in [6, 6.07) is 1.85. The molecule has 1 aliphatic rings. The fraction of sp³-hybridized carbons (Fsp3) is 0.692. The summed E-state index contributed by atoms with van der Waals surface area (Å²) in [6.07, 6.45) is 2.12. The monoisotopic (exact) mass is 281 g/mol. The number of hydrogen-bond donors (Lipinski definition) is 2. The van der Waals surface area contributed by atoms with Crippen molar-refractivity contribution < 1.29 is 9.47 Å². The van der Waals surface area contributed by atoms with Crippen molar-refractivity contribution in [1.29, 1.82) is 0 Å². The zero-order valence-electron chi connectivity index (χ0n) is 12.3. The van der Waals surface area contributed by atoms with Crippen LogP contribution in [-0.2, 0) is 16.1 Å². The SMILES string of the molecule is COCc1nc(NN)cc(N2CCCC(C)(OC)C2)n1. The Morgan fingerprint density at radius 3 is 2.90 bits per heavy atom. The number of methoxy groups -OCH3 is 2. The third kappa shape index (κ3) is 3.36. The smallest absolute Gasteiger partial charge is 0.158 e. The molecular formula is C13H23N5O2. The van der Waals surface area contributed by atoms with E-state index >= 15 is 0 Å². The quantitative estimate of drug-likeness (QED) is 0.613. The number of nitrogens with two attached hydrogens (primary N) is 1. The van der Waals surface area contributed by atoms with Crippen molar-refractivity contribution in [2.75, 3.05) is 37.6 Å². The molecule has 7 nitrogen and oxygen atoms in total. The maximum absolute atomic E-state index is 5.61. The molecule has 20 heavy (non-hydrogen) atoms. The largest absolute Gasteiger partial charge is 0.377 e. The van der Waals surface area contributed by atoms with E-state index in [0.717, 1.165) is 31.7 Å². The minimum absolute atomic E-state index is 0.138. The van der Waals surface area contributed by atoms with Gasteiger partial charge in [0.25, 0.3) is 0 Å². The first-order valence-electron chi connectivity index (χ1n) is 6.74. The highest BCUT2D eigenvalue weighted by Crippen LogP contribution is 2.27. The average Bonchev–Trinajstić information content (AvgIpc) is 2.47. The molecular weight excluding hydrogens is 258 g/mol. The summed E-state index contributed by atoms with van der Waals surface area (Å²) in [5.41, 5.74) is 2.44. The molecule has 1 atom stereocenters. The van der Waals surface area contributed by atoms with Gasteiger partial charge in [0.15, 0.2) is 5.82 Å².